The molecule has 0 bridgehead atoms. The van der Waals surface area contributed by atoms with E-state index in [-0.39, 0.29) is 29.5 Å². The fourth-order valence-electron chi connectivity index (χ4n) is 5.19. The lowest BCUT2D eigenvalue weighted by atomic mass is 9.97. The number of nitriles is 1. The number of rotatable bonds is 4. The van der Waals surface area contributed by atoms with Crippen LogP contribution in [0.15, 0.2) is 59.8 Å². The summed E-state index contributed by atoms with van der Waals surface area (Å²) in [5.41, 5.74) is 4.13. The maximum absolute atomic E-state index is 13.7. The van der Waals surface area contributed by atoms with E-state index >= 15 is 0 Å². The number of halogens is 1. The molecule has 5 rings (SSSR count). The van der Waals surface area contributed by atoms with Gasteiger partial charge in [0.25, 0.3) is 5.56 Å². The van der Waals surface area contributed by atoms with E-state index in [9.17, 15) is 14.4 Å². The summed E-state index contributed by atoms with van der Waals surface area (Å²) < 4.78 is 17.2. The van der Waals surface area contributed by atoms with Gasteiger partial charge in [0.2, 0.25) is 0 Å². The van der Waals surface area contributed by atoms with Crippen molar-refractivity contribution in [3.05, 3.63) is 88.1 Å². The van der Waals surface area contributed by atoms with Crippen LogP contribution >= 0.6 is 0 Å². The van der Waals surface area contributed by atoms with Gasteiger partial charge in [0.15, 0.2) is 0 Å². The monoisotopic (exact) mass is 485 g/mol. The number of anilines is 1. The highest BCUT2D eigenvalue weighted by Crippen LogP contribution is 2.35. The summed E-state index contributed by atoms with van der Waals surface area (Å²) in [4.78, 5) is 26.6. The van der Waals surface area contributed by atoms with Crippen LogP contribution in [0, 0.1) is 17.1 Å². The van der Waals surface area contributed by atoms with Gasteiger partial charge in [0.05, 0.1) is 29.3 Å². The number of hydrogen-bond acceptors (Lipinski definition) is 6. The first-order valence-electron chi connectivity index (χ1n) is 11.9. The maximum atomic E-state index is 13.7. The Hall–Kier alpha value is -4.03. The summed E-state index contributed by atoms with van der Waals surface area (Å²) in [7, 11) is 3.65. The quantitative estimate of drug-likeness (QED) is 0.441. The predicted octanol–water partition coefficient (Wildman–Crippen LogP) is 3.37. The van der Waals surface area contributed by atoms with Crippen molar-refractivity contribution in [3.8, 4) is 6.07 Å². The first kappa shape index (κ1) is 23.7. The molecule has 3 atom stereocenters. The molecule has 4 aromatic rings. The van der Waals surface area contributed by atoms with Gasteiger partial charge in [-0.1, -0.05) is 12.1 Å². The van der Waals surface area contributed by atoms with Gasteiger partial charge in [-0.25, -0.2) is 14.4 Å². The van der Waals surface area contributed by atoms with Crippen LogP contribution in [0.25, 0.3) is 11.0 Å². The van der Waals surface area contributed by atoms with Crippen LogP contribution in [-0.2, 0) is 14.1 Å². The van der Waals surface area contributed by atoms with Gasteiger partial charge in [0.1, 0.15) is 23.1 Å². The predicted molar refractivity (Wildman–Crippen MR) is 136 cm³/mol. The zero-order valence-electron chi connectivity index (χ0n) is 20.8. The van der Waals surface area contributed by atoms with Crippen molar-refractivity contribution >= 4 is 16.7 Å². The molecule has 0 saturated carbocycles. The molecule has 36 heavy (non-hydrogen) atoms. The highest BCUT2D eigenvalue weighted by Gasteiger charge is 2.36. The number of imidazole rings is 1. The van der Waals surface area contributed by atoms with E-state index in [0.29, 0.717) is 29.8 Å². The zero-order chi connectivity index (χ0) is 25.6. The second-order valence-electron chi connectivity index (χ2n) is 9.57. The molecule has 0 N–H and O–H groups in total. The highest BCUT2D eigenvalue weighted by molar-refractivity contribution is 5.89. The first-order chi connectivity index (χ1) is 17.3. The summed E-state index contributed by atoms with van der Waals surface area (Å²) in [5, 5.41) is 9.41. The Morgan fingerprint density at radius 2 is 1.83 bits per heavy atom. The van der Waals surface area contributed by atoms with E-state index in [1.807, 2.05) is 29.9 Å². The second-order valence-corrected chi connectivity index (χ2v) is 9.57. The summed E-state index contributed by atoms with van der Waals surface area (Å²) >= 11 is 0. The third kappa shape index (κ3) is 4.14. The van der Waals surface area contributed by atoms with Crippen molar-refractivity contribution in [2.24, 2.45) is 14.1 Å². The van der Waals surface area contributed by atoms with E-state index in [0.717, 1.165) is 16.9 Å². The number of nitrogens with zero attached hydrogens (tertiary/aromatic N) is 7. The highest BCUT2D eigenvalue weighted by atomic mass is 19.1. The fourth-order valence-corrected chi connectivity index (χ4v) is 5.19. The van der Waals surface area contributed by atoms with Crippen molar-refractivity contribution in [2.45, 2.75) is 32.0 Å². The minimum atomic E-state index is -0.272. The minimum Gasteiger partial charge on any atom is -0.364 e. The van der Waals surface area contributed by atoms with Crippen LogP contribution in [-0.4, -0.2) is 49.2 Å². The Morgan fingerprint density at radius 1 is 1.08 bits per heavy atom. The Bertz CT molecular complexity index is 1520. The lowest BCUT2D eigenvalue weighted by molar-refractivity contribution is 0.128. The SMILES string of the molecule is C[C@@H]1CN(c2cc(=O)n(C)c3ccc(C#N)nc23)[C@@H](C)CN1C(c1ccc(F)cc1)c1cn(C)cn1. The lowest BCUT2D eigenvalue weighted by Crippen LogP contribution is -2.57. The van der Waals surface area contributed by atoms with Gasteiger partial charge in [-0.15, -0.1) is 0 Å². The van der Waals surface area contributed by atoms with Crippen molar-refractivity contribution in [2.75, 3.05) is 18.0 Å². The largest absolute Gasteiger partial charge is 0.364 e. The number of aryl methyl sites for hydroxylation is 2. The standard InChI is InChI=1S/C27H28FN7O/c1-17-14-35(27(22-15-32(3)16-30-22)19-5-7-20(28)8-6-19)18(2)13-34(17)24-11-25(36)33(4)23-10-9-21(12-29)31-26(23)24/h5-11,15-18,27H,13-14H2,1-4H3/t17-,18+,27?/m0/s1. The lowest BCUT2D eigenvalue weighted by Gasteiger charge is -2.48. The van der Waals surface area contributed by atoms with E-state index in [2.05, 4.69) is 39.7 Å². The molecule has 4 heterocycles. The van der Waals surface area contributed by atoms with Gasteiger partial charge >= 0.3 is 0 Å². The molecule has 9 heteroatoms. The van der Waals surface area contributed by atoms with Gasteiger partial charge in [0, 0.05) is 51.5 Å². The van der Waals surface area contributed by atoms with Crippen LogP contribution in [0.3, 0.4) is 0 Å². The van der Waals surface area contributed by atoms with Crippen LogP contribution in [0.2, 0.25) is 0 Å². The normalized spacial score (nSPS) is 19.4. The number of fused-ring (bicyclic) bond motifs is 1. The van der Waals surface area contributed by atoms with Crippen molar-refractivity contribution in [1.29, 1.82) is 5.26 Å². The molecule has 1 aliphatic heterocycles. The van der Waals surface area contributed by atoms with Gasteiger partial charge < -0.3 is 14.0 Å². The molecule has 8 nitrogen and oxygen atoms in total. The van der Waals surface area contributed by atoms with Crippen molar-refractivity contribution < 1.29 is 4.39 Å². The van der Waals surface area contributed by atoms with Crippen LogP contribution < -0.4 is 10.5 Å². The molecule has 0 amide bonds. The number of benzene rings is 1. The molecule has 1 aromatic carbocycles. The summed E-state index contributed by atoms with van der Waals surface area (Å²) in [6, 6.07) is 13.7. The summed E-state index contributed by atoms with van der Waals surface area (Å²) in [5.74, 6) is -0.272. The Kier molecular flexibility index (Phi) is 6.06. The summed E-state index contributed by atoms with van der Waals surface area (Å²) in [6.45, 7) is 5.60. The smallest absolute Gasteiger partial charge is 0.252 e. The van der Waals surface area contributed by atoms with Gasteiger partial charge in [-0.05, 0) is 43.7 Å². The van der Waals surface area contributed by atoms with Crippen molar-refractivity contribution in [1.82, 2.24) is 24.0 Å². The number of aromatic nitrogens is 4. The minimum absolute atomic E-state index is 0.0377. The molecule has 1 saturated heterocycles. The second kappa shape index (κ2) is 9.21. The van der Waals surface area contributed by atoms with Gasteiger partial charge in [-0.2, -0.15) is 5.26 Å². The van der Waals surface area contributed by atoms with Crippen molar-refractivity contribution in [3.63, 3.8) is 0 Å². The van der Waals surface area contributed by atoms with Crippen LogP contribution in [0.4, 0.5) is 10.1 Å². The maximum Gasteiger partial charge on any atom is 0.252 e. The third-order valence-electron chi connectivity index (χ3n) is 7.05. The molecule has 1 unspecified atom stereocenters. The van der Waals surface area contributed by atoms with Crippen LogP contribution in [0.5, 0.6) is 0 Å². The molecular formula is C27H28FN7O. The number of pyridine rings is 2. The van der Waals surface area contributed by atoms with E-state index in [1.165, 1.54) is 12.1 Å². The molecule has 184 valence electrons. The molecule has 1 aliphatic rings. The molecule has 0 radical (unpaired) electrons. The number of piperazine rings is 1. The van der Waals surface area contributed by atoms with Gasteiger partial charge in [-0.3, -0.25) is 9.69 Å². The molecule has 1 fully saturated rings. The van der Waals surface area contributed by atoms with Crippen LogP contribution in [0.1, 0.15) is 36.8 Å². The zero-order valence-corrected chi connectivity index (χ0v) is 20.8. The average molecular weight is 486 g/mol. The molecular weight excluding hydrogens is 457 g/mol. The van der Waals surface area contributed by atoms with E-state index in [1.54, 1.807) is 36.1 Å². The first-order valence-corrected chi connectivity index (χ1v) is 11.9. The van der Waals surface area contributed by atoms with E-state index < -0.39 is 0 Å². The Balaban J connectivity index is 1.55. The molecule has 0 aliphatic carbocycles. The Morgan fingerprint density at radius 3 is 2.50 bits per heavy atom. The fraction of sp³-hybridized carbons (Fsp3) is 0.333. The molecule has 0 spiro atoms. The topological polar surface area (TPSA) is 83.0 Å². The third-order valence-corrected chi connectivity index (χ3v) is 7.05. The molecule has 3 aromatic heterocycles. The Labute approximate surface area is 208 Å². The average Bonchev–Trinajstić information content (AvgIpc) is 3.30. The summed E-state index contributed by atoms with van der Waals surface area (Å²) in [6.07, 6.45) is 3.78. The number of hydrogen-bond donors (Lipinski definition) is 0. The van der Waals surface area contributed by atoms with E-state index in [4.69, 9.17) is 0 Å².